The van der Waals surface area contributed by atoms with E-state index in [1.807, 2.05) is 0 Å². The quantitative estimate of drug-likeness (QED) is 0.811. The number of piperazine rings is 1. The minimum Gasteiger partial charge on any atom is -0.353 e. The van der Waals surface area contributed by atoms with Crippen LogP contribution in [-0.2, 0) is 0 Å². The zero-order chi connectivity index (χ0) is 17.8. The van der Waals surface area contributed by atoms with Gasteiger partial charge < -0.3 is 14.7 Å². The normalized spacial score (nSPS) is 26.2. The van der Waals surface area contributed by atoms with Crippen molar-refractivity contribution in [3.8, 4) is 0 Å². The fourth-order valence-electron chi connectivity index (χ4n) is 4.82. The lowest BCUT2D eigenvalue weighted by molar-refractivity contribution is 0.0708. The van der Waals surface area contributed by atoms with Crippen LogP contribution in [0.15, 0.2) is 6.33 Å². The minimum absolute atomic E-state index is 0.210. The van der Waals surface area contributed by atoms with Gasteiger partial charge in [-0.25, -0.2) is 9.97 Å². The molecular formula is C19H25N5OS. The third-order valence-electron chi connectivity index (χ3n) is 6.37. The van der Waals surface area contributed by atoms with Crippen LogP contribution in [0.1, 0.15) is 34.5 Å². The summed E-state index contributed by atoms with van der Waals surface area (Å²) in [5.74, 6) is 1.93. The van der Waals surface area contributed by atoms with Crippen LogP contribution in [0, 0.1) is 12.8 Å². The van der Waals surface area contributed by atoms with Crippen LogP contribution in [0.5, 0.6) is 0 Å². The topological polar surface area (TPSA) is 52.6 Å². The van der Waals surface area contributed by atoms with E-state index in [0.29, 0.717) is 6.04 Å². The number of nitrogens with zero attached hydrogens (tertiary/aromatic N) is 5. The molecule has 2 saturated heterocycles. The number of carbonyl (C=O) groups is 1. The summed E-state index contributed by atoms with van der Waals surface area (Å²) in [6.07, 6.45) is 5.31. The number of amides is 1. The number of hydrogen-bond donors (Lipinski definition) is 0. The summed E-state index contributed by atoms with van der Waals surface area (Å²) in [4.78, 5) is 30.9. The highest BCUT2D eigenvalue weighted by molar-refractivity contribution is 7.20. The van der Waals surface area contributed by atoms with Gasteiger partial charge in [0.1, 0.15) is 17.0 Å². The zero-order valence-corrected chi connectivity index (χ0v) is 16.3. The predicted octanol–water partition coefficient (Wildman–Crippen LogP) is 2.38. The third-order valence-corrected chi connectivity index (χ3v) is 7.56. The Hall–Kier alpha value is -1.73. The number of thiophene rings is 1. The second-order valence-electron chi connectivity index (χ2n) is 8.01. The number of likely N-dealkylation sites (N-methyl/N-ethyl adjacent to an activating group) is 1. The SMILES string of the molecule is Cc1c(C(=O)N2C[C@H]3CC[C@H]2C3)sc2ncnc(N3CCN(C)CC3)c12. The summed E-state index contributed by atoms with van der Waals surface area (Å²) in [7, 11) is 2.16. The molecule has 4 heterocycles. The van der Waals surface area contributed by atoms with Crippen LogP contribution >= 0.6 is 11.3 Å². The van der Waals surface area contributed by atoms with Gasteiger partial charge >= 0.3 is 0 Å². The Labute approximate surface area is 157 Å². The second-order valence-corrected chi connectivity index (χ2v) is 9.01. The third kappa shape index (κ3) is 2.52. The van der Waals surface area contributed by atoms with E-state index in [1.54, 1.807) is 17.7 Å². The van der Waals surface area contributed by atoms with Crippen LogP contribution in [0.4, 0.5) is 5.82 Å². The van der Waals surface area contributed by atoms with Crippen LogP contribution in [0.3, 0.4) is 0 Å². The molecule has 0 spiro atoms. The second kappa shape index (κ2) is 6.16. The van der Waals surface area contributed by atoms with Gasteiger partial charge in [0, 0.05) is 38.8 Å². The first-order chi connectivity index (χ1) is 12.6. The van der Waals surface area contributed by atoms with Gasteiger partial charge in [0.05, 0.1) is 10.3 Å². The van der Waals surface area contributed by atoms with Crippen molar-refractivity contribution in [1.82, 2.24) is 19.8 Å². The maximum Gasteiger partial charge on any atom is 0.264 e. The largest absolute Gasteiger partial charge is 0.353 e. The highest BCUT2D eigenvalue weighted by Gasteiger charge is 2.41. The van der Waals surface area contributed by atoms with Gasteiger partial charge in [0.2, 0.25) is 0 Å². The number of piperidine rings is 1. The molecule has 2 aromatic heterocycles. The number of aryl methyl sites for hydroxylation is 1. The molecule has 2 aliphatic heterocycles. The number of aromatic nitrogens is 2. The Bertz CT molecular complexity index is 857. The van der Waals surface area contributed by atoms with E-state index < -0.39 is 0 Å². The fraction of sp³-hybridized carbons (Fsp3) is 0.632. The van der Waals surface area contributed by atoms with Crippen molar-refractivity contribution in [3.63, 3.8) is 0 Å². The zero-order valence-electron chi connectivity index (χ0n) is 15.4. The number of likely N-dealkylation sites (tertiary alicyclic amines) is 1. The van der Waals surface area contributed by atoms with Crippen molar-refractivity contribution in [1.29, 1.82) is 0 Å². The molecule has 0 radical (unpaired) electrons. The molecule has 2 bridgehead atoms. The fourth-order valence-corrected chi connectivity index (χ4v) is 5.92. The van der Waals surface area contributed by atoms with Gasteiger partial charge in [0.25, 0.3) is 5.91 Å². The van der Waals surface area contributed by atoms with Crippen molar-refractivity contribution in [3.05, 3.63) is 16.8 Å². The molecule has 5 rings (SSSR count). The van der Waals surface area contributed by atoms with E-state index >= 15 is 0 Å². The molecule has 138 valence electrons. The number of carbonyl (C=O) groups excluding carboxylic acids is 1. The molecule has 1 amide bonds. The van der Waals surface area contributed by atoms with Crippen molar-refractivity contribution in [2.75, 3.05) is 44.7 Å². The van der Waals surface area contributed by atoms with Crippen molar-refractivity contribution >= 4 is 33.3 Å². The van der Waals surface area contributed by atoms with E-state index in [9.17, 15) is 4.79 Å². The maximum atomic E-state index is 13.2. The standard InChI is InChI=1S/C19H25N5OS/c1-12-15-17(23-7-5-22(2)6-8-23)20-11-21-18(15)26-16(12)19(25)24-10-13-3-4-14(24)9-13/h11,13-14H,3-10H2,1-2H3/t13-,14-/m0/s1. The van der Waals surface area contributed by atoms with Gasteiger partial charge in [-0.1, -0.05) is 0 Å². The molecule has 26 heavy (non-hydrogen) atoms. The molecule has 6 nitrogen and oxygen atoms in total. The monoisotopic (exact) mass is 371 g/mol. The van der Waals surface area contributed by atoms with E-state index in [1.165, 1.54) is 19.3 Å². The molecule has 0 aromatic carbocycles. The van der Waals surface area contributed by atoms with Crippen molar-refractivity contribution in [2.24, 2.45) is 5.92 Å². The van der Waals surface area contributed by atoms with Gasteiger partial charge in [-0.2, -0.15) is 0 Å². The molecule has 2 aromatic rings. The summed E-state index contributed by atoms with van der Waals surface area (Å²) >= 11 is 1.55. The first-order valence-electron chi connectivity index (χ1n) is 9.60. The smallest absolute Gasteiger partial charge is 0.264 e. The Morgan fingerprint density at radius 2 is 2.00 bits per heavy atom. The lowest BCUT2D eigenvalue weighted by Crippen LogP contribution is -2.44. The van der Waals surface area contributed by atoms with E-state index in [-0.39, 0.29) is 5.91 Å². The predicted molar refractivity (Wildman–Crippen MR) is 104 cm³/mol. The minimum atomic E-state index is 0.210. The molecule has 0 unspecified atom stereocenters. The molecule has 0 N–H and O–H groups in total. The van der Waals surface area contributed by atoms with Crippen molar-refractivity contribution < 1.29 is 4.79 Å². The van der Waals surface area contributed by atoms with E-state index in [0.717, 1.165) is 65.1 Å². The lowest BCUT2D eigenvalue weighted by Gasteiger charge is -2.33. The van der Waals surface area contributed by atoms with E-state index in [2.05, 4.69) is 38.6 Å². The van der Waals surface area contributed by atoms with Gasteiger partial charge in [-0.3, -0.25) is 4.79 Å². The van der Waals surface area contributed by atoms with Crippen LogP contribution in [-0.4, -0.2) is 71.5 Å². The summed E-state index contributed by atoms with van der Waals surface area (Å²) in [5.41, 5.74) is 1.06. The molecule has 7 heteroatoms. The number of fused-ring (bicyclic) bond motifs is 3. The van der Waals surface area contributed by atoms with Crippen LogP contribution in [0.25, 0.3) is 10.2 Å². The Balaban J connectivity index is 1.51. The molecule has 1 saturated carbocycles. The summed E-state index contributed by atoms with van der Waals surface area (Å²) in [6, 6.07) is 0.459. The lowest BCUT2D eigenvalue weighted by atomic mass is 10.1. The number of hydrogen-bond acceptors (Lipinski definition) is 6. The van der Waals surface area contributed by atoms with E-state index in [4.69, 9.17) is 0 Å². The highest BCUT2D eigenvalue weighted by atomic mass is 32.1. The molecule has 3 aliphatic rings. The summed E-state index contributed by atoms with van der Waals surface area (Å²) < 4.78 is 0. The van der Waals surface area contributed by atoms with Crippen molar-refractivity contribution in [2.45, 2.75) is 32.2 Å². The molecular weight excluding hydrogens is 346 g/mol. The van der Waals surface area contributed by atoms with Gasteiger partial charge in [0.15, 0.2) is 0 Å². The first-order valence-corrected chi connectivity index (χ1v) is 10.4. The number of anilines is 1. The molecule has 3 fully saturated rings. The van der Waals surface area contributed by atoms with Crippen LogP contribution < -0.4 is 4.90 Å². The Morgan fingerprint density at radius 1 is 1.19 bits per heavy atom. The molecule has 2 atom stereocenters. The highest BCUT2D eigenvalue weighted by Crippen LogP contribution is 2.41. The Morgan fingerprint density at radius 3 is 2.69 bits per heavy atom. The first kappa shape index (κ1) is 16.4. The molecule has 1 aliphatic carbocycles. The van der Waals surface area contributed by atoms with Gasteiger partial charge in [-0.05, 0) is 44.7 Å². The number of rotatable bonds is 2. The van der Waals surface area contributed by atoms with Gasteiger partial charge in [-0.15, -0.1) is 11.3 Å². The maximum absolute atomic E-state index is 13.2. The summed E-state index contributed by atoms with van der Waals surface area (Å²) in [6.45, 7) is 7.03. The van der Waals surface area contributed by atoms with Crippen LogP contribution in [0.2, 0.25) is 0 Å². The average molecular weight is 372 g/mol. The summed E-state index contributed by atoms with van der Waals surface area (Å²) in [5, 5.41) is 1.08. The Kier molecular flexibility index (Phi) is 3.90. The average Bonchev–Trinajstić information content (AvgIpc) is 3.36.